The molecule has 1 atom stereocenters. The van der Waals surface area contributed by atoms with E-state index in [9.17, 15) is 24.5 Å². The van der Waals surface area contributed by atoms with Gasteiger partial charge < -0.3 is 19.5 Å². The molecule has 2 rings (SSSR count). The summed E-state index contributed by atoms with van der Waals surface area (Å²) in [6.07, 6.45) is -0.293. The number of esters is 3. The molecule has 0 aromatic heterocycles. The van der Waals surface area contributed by atoms with Crippen LogP contribution in [0.4, 0.5) is 5.69 Å². The van der Waals surface area contributed by atoms with E-state index in [4.69, 9.17) is 9.47 Å². The van der Waals surface area contributed by atoms with Crippen molar-refractivity contribution in [1.82, 2.24) is 5.32 Å². The van der Waals surface area contributed by atoms with E-state index in [1.54, 1.807) is 6.92 Å². The summed E-state index contributed by atoms with van der Waals surface area (Å²) in [6.45, 7) is 1.57. The smallest absolute Gasteiger partial charge is 0.336 e. The number of methoxy groups -OCH3 is 3. The number of carbonyl (C=O) groups excluding carboxylic acids is 3. The number of nitrogens with one attached hydrogen (secondary N) is 1. The Morgan fingerprint density at radius 1 is 1.07 bits per heavy atom. The van der Waals surface area contributed by atoms with Crippen LogP contribution in [0.25, 0.3) is 0 Å². The van der Waals surface area contributed by atoms with Gasteiger partial charge in [0, 0.05) is 23.5 Å². The summed E-state index contributed by atoms with van der Waals surface area (Å²) in [5, 5.41) is 14.1. The van der Waals surface area contributed by atoms with Gasteiger partial charge >= 0.3 is 17.9 Å². The molecular formula is C19H20N2O8. The fourth-order valence-electron chi connectivity index (χ4n) is 3.14. The Labute approximate surface area is 166 Å². The molecule has 0 saturated heterocycles. The van der Waals surface area contributed by atoms with Gasteiger partial charge in [-0.25, -0.2) is 9.59 Å². The van der Waals surface area contributed by atoms with Gasteiger partial charge in [-0.3, -0.25) is 14.9 Å². The van der Waals surface area contributed by atoms with Gasteiger partial charge in [-0.05, 0) is 12.5 Å². The van der Waals surface area contributed by atoms with E-state index in [1.807, 2.05) is 0 Å². The first-order chi connectivity index (χ1) is 13.7. The highest BCUT2D eigenvalue weighted by Crippen LogP contribution is 2.40. The van der Waals surface area contributed by atoms with Crippen LogP contribution in [0.2, 0.25) is 0 Å². The number of nitrogens with zero attached hydrogens (tertiary/aromatic N) is 1. The SMILES string of the molecule is COC(=O)CC1=C(C(=O)OC)[C@H](c2cccc([N+](=O)[O-])c2)C(C(=O)OC)=C(C)N1. The maximum Gasteiger partial charge on any atom is 0.336 e. The molecule has 154 valence electrons. The first-order valence-corrected chi connectivity index (χ1v) is 8.43. The molecule has 0 unspecified atom stereocenters. The van der Waals surface area contributed by atoms with Crippen LogP contribution in [-0.2, 0) is 28.6 Å². The maximum absolute atomic E-state index is 12.6. The number of rotatable bonds is 6. The van der Waals surface area contributed by atoms with Crippen LogP contribution in [0, 0.1) is 10.1 Å². The number of hydrogen-bond acceptors (Lipinski definition) is 9. The second kappa shape index (κ2) is 9.00. The molecule has 0 amide bonds. The highest BCUT2D eigenvalue weighted by Gasteiger charge is 2.39. The van der Waals surface area contributed by atoms with Gasteiger partial charge in [0.05, 0.1) is 49.7 Å². The minimum absolute atomic E-state index is 0.0376. The van der Waals surface area contributed by atoms with Gasteiger partial charge in [-0.1, -0.05) is 12.1 Å². The molecule has 1 aromatic rings. The average Bonchev–Trinajstić information content (AvgIpc) is 2.72. The summed E-state index contributed by atoms with van der Waals surface area (Å²) in [4.78, 5) is 47.6. The van der Waals surface area contributed by atoms with Crippen molar-refractivity contribution in [3.8, 4) is 0 Å². The van der Waals surface area contributed by atoms with Crippen molar-refractivity contribution >= 4 is 23.6 Å². The van der Waals surface area contributed by atoms with Crippen LogP contribution in [0.1, 0.15) is 24.8 Å². The van der Waals surface area contributed by atoms with Gasteiger partial charge in [-0.15, -0.1) is 0 Å². The van der Waals surface area contributed by atoms with E-state index in [-0.39, 0.29) is 29.0 Å². The molecular weight excluding hydrogens is 384 g/mol. The minimum atomic E-state index is -1.05. The molecule has 1 aliphatic heterocycles. The molecule has 1 aliphatic rings. The van der Waals surface area contributed by atoms with E-state index in [1.165, 1.54) is 38.5 Å². The fraction of sp³-hybridized carbons (Fsp3) is 0.316. The lowest BCUT2D eigenvalue weighted by Crippen LogP contribution is -2.33. The van der Waals surface area contributed by atoms with Crippen LogP contribution < -0.4 is 5.32 Å². The quantitative estimate of drug-likeness (QED) is 0.325. The van der Waals surface area contributed by atoms with Crippen molar-refractivity contribution in [3.05, 3.63) is 62.5 Å². The molecule has 1 heterocycles. The monoisotopic (exact) mass is 404 g/mol. The highest BCUT2D eigenvalue weighted by atomic mass is 16.6. The molecule has 1 aromatic carbocycles. The standard InChI is InChI=1S/C19H20N2O8/c1-10-15(18(23)28-3)16(11-6-5-7-12(8-11)21(25)26)17(19(24)29-4)13(20-10)9-14(22)27-2/h5-8,16,20H,9H2,1-4H3/t16-/m1/s1. The van der Waals surface area contributed by atoms with Crippen molar-refractivity contribution in [2.24, 2.45) is 0 Å². The van der Waals surface area contributed by atoms with Gasteiger partial charge in [0.1, 0.15) is 0 Å². The molecule has 0 saturated carbocycles. The number of non-ortho nitro benzene ring substituents is 1. The first-order valence-electron chi connectivity index (χ1n) is 8.43. The summed E-state index contributed by atoms with van der Waals surface area (Å²) in [6, 6.07) is 5.52. The van der Waals surface area contributed by atoms with Crippen LogP contribution in [0.3, 0.4) is 0 Å². The molecule has 1 N–H and O–H groups in total. The number of carbonyl (C=O) groups is 3. The number of hydrogen-bond donors (Lipinski definition) is 1. The number of benzene rings is 1. The van der Waals surface area contributed by atoms with Crippen LogP contribution in [-0.4, -0.2) is 44.2 Å². The zero-order valence-corrected chi connectivity index (χ0v) is 16.3. The van der Waals surface area contributed by atoms with Gasteiger partial charge in [0.2, 0.25) is 0 Å². The van der Waals surface area contributed by atoms with E-state index in [2.05, 4.69) is 10.1 Å². The Hall–Kier alpha value is -3.69. The topological polar surface area (TPSA) is 134 Å². The van der Waals surface area contributed by atoms with Gasteiger partial charge in [-0.2, -0.15) is 0 Å². The molecule has 0 spiro atoms. The highest BCUT2D eigenvalue weighted by molar-refractivity contribution is 6.00. The number of ether oxygens (including phenoxy) is 3. The second-order valence-corrected chi connectivity index (χ2v) is 6.08. The second-order valence-electron chi connectivity index (χ2n) is 6.08. The van der Waals surface area contributed by atoms with E-state index in [0.717, 1.165) is 7.11 Å². The molecule has 0 fully saturated rings. The third kappa shape index (κ3) is 4.42. The zero-order chi connectivity index (χ0) is 21.7. The lowest BCUT2D eigenvalue weighted by Gasteiger charge is -2.30. The Kier molecular flexibility index (Phi) is 6.71. The zero-order valence-electron chi connectivity index (χ0n) is 16.3. The summed E-state index contributed by atoms with van der Waals surface area (Å²) in [7, 11) is 3.53. The van der Waals surface area contributed by atoms with Crippen molar-refractivity contribution in [3.63, 3.8) is 0 Å². The van der Waals surface area contributed by atoms with Crippen LogP contribution in [0.5, 0.6) is 0 Å². The third-order valence-corrected chi connectivity index (χ3v) is 4.42. The van der Waals surface area contributed by atoms with Crippen molar-refractivity contribution in [2.45, 2.75) is 19.3 Å². The normalized spacial score (nSPS) is 16.1. The Morgan fingerprint density at radius 3 is 2.24 bits per heavy atom. The summed E-state index contributed by atoms with van der Waals surface area (Å²) in [5.41, 5.74) is 0.613. The summed E-state index contributed by atoms with van der Waals surface area (Å²) >= 11 is 0. The number of dihydropyridines is 1. The van der Waals surface area contributed by atoms with Crippen molar-refractivity contribution in [1.29, 1.82) is 0 Å². The van der Waals surface area contributed by atoms with E-state index >= 15 is 0 Å². The van der Waals surface area contributed by atoms with Gasteiger partial charge in [0.25, 0.3) is 5.69 Å². The first kappa shape index (κ1) is 21.6. The molecule has 29 heavy (non-hydrogen) atoms. The summed E-state index contributed by atoms with van der Waals surface area (Å²) in [5.74, 6) is -3.21. The predicted molar refractivity (Wildman–Crippen MR) is 99.4 cm³/mol. The molecule has 0 bridgehead atoms. The fourth-order valence-corrected chi connectivity index (χ4v) is 3.14. The number of nitro groups is 1. The maximum atomic E-state index is 12.6. The van der Waals surface area contributed by atoms with E-state index < -0.39 is 28.7 Å². The van der Waals surface area contributed by atoms with Gasteiger partial charge in [0.15, 0.2) is 0 Å². The largest absolute Gasteiger partial charge is 0.469 e. The summed E-state index contributed by atoms with van der Waals surface area (Å²) < 4.78 is 14.4. The predicted octanol–water partition coefficient (Wildman–Crippen LogP) is 1.72. The molecule has 0 radical (unpaired) electrons. The lowest BCUT2D eigenvalue weighted by molar-refractivity contribution is -0.384. The molecule has 10 nitrogen and oxygen atoms in total. The average molecular weight is 404 g/mol. The Balaban J connectivity index is 2.78. The third-order valence-electron chi connectivity index (χ3n) is 4.42. The van der Waals surface area contributed by atoms with Crippen molar-refractivity contribution < 1.29 is 33.5 Å². The number of allylic oxidation sites excluding steroid dienone is 1. The molecule has 10 heteroatoms. The minimum Gasteiger partial charge on any atom is -0.469 e. The Bertz CT molecular complexity index is 932. The number of nitro benzene ring substituents is 1. The van der Waals surface area contributed by atoms with Crippen LogP contribution >= 0.6 is 0 Å². The van der Waals surface area contributed by atoms with Crippen molar-refractivity contribution in [2.75, 3.05) is 21.3 Å². The Morgan fingerprint density at radius 2 is 1.69 bits per heavy atom. The van der Waals surface area contributed by atoms with E-state index in [0.29, 0.717) is 11.3 Å². The molecule has 0 aliphatic carbocycles. The van der Waals surface area contributed by atoms with Crippen LogP contribution in [0.15, 0.2) is 46.8 Å². The lowest BCUT2D eigenvalue weighted by atomic mass is 9.79.